The highest BCUT2D eigenvalue weighted by Gasteiger charge is 2.32. The molecule has 33 heavy (non-hydrogen) atoms. The minimum atomic E-state index is -1.11. The van der Waals surface area contributed by atoms with Gasteiger partial charge >= 0.3 is 6.09 Å². The fourth-order valence-electron chi connectivity index (χ4n) is 4.35. The maximum absolute atomic E-state index is 13.4. The summed E-state index contributed by atoms with van der Waals surface area (Å²) >= 11 is 0. The van der Waals surface area contributed by atoms with Crippen LogP contribution in [0.3, 0.4) is 0 Å². The van der Waals surface area contributed by atoms with Gasteiger partial charge in [0.15, 0.2) is 0 Å². The Morgan fingerprint density at radius 3 is 2.61 bits per heavy atom. The first-order valence-electron chi connectivity index (χ1n) is 11.2. The van der Waals surface area contributed by atoms with E-state index in [4.69, 9.17) is 4.74 Å². The number of amides is 2. The average Bonchev–Trinajstić information content (AvgIpc) is 2.79. The lowest BCUT2D eigenvalue weighted by atomic mass is 9.97. The van der Waals surface area contributed by atoms with E-state index in [-0.39, 0.29) is 35.9 Å². The molecule has 0 radical (unpaired) electrons. The van der Waals surface area contributed by atoms with Crippen molar-refractivity contribution in [3.05, 3.63) is 53.0 Å². The lowest BCUT2D eigenvalue weighted by Crippen LogP contribution is -2.45. The number of carboxylic acid groups (broad SMARTS) is 1. The van der Waals surface area contributed by atoms with Crippen LogP contribution in [0.4, 0.5) is 14.9 Å². The molecule has 2 aliphatic heterocycles. The molecular weight excluding hydrogens is 427 g/mol. The summed E-state index contributed by atoms with van der Waals surface area (Å²) in [4.78, 5) is 33.0. The number of nitrogens with zero attached hydrogens (tertiary/aromatic N) is 3. The number of nitrogens with one attached hydrogen (secondary N) is 1. The summed E-state index contributed by atoms with van der Waals surface area (Å²) in [5, 5.41) is 12.7. The average molecular weight is 457 g/mol. The van der Waals surface area contributed by atoms with Crippen LogP contribution in [0.5, 0.6) is 5.88 Å². The zero-order valence-corrected chi connectivity index (χ0v) is 18.9. The molecule has 0 bridgehead atoms. The second-order valence-corrected chi connectivity index (χ2v) is 8.89. The molecule has 1 aromatic heterocycles. The number of hydrogen-bond acceptors (Lipinski definition) is 5. The summed E-state index contributed by atoms with van der Waals surface area (Å²) in [6.07, 6.45) is 1.23. The fourth-order valence-corrected chi connectivity index (χ4v) is 4.35. The number of aromatic nitrogens is 1. The Morgan fingerprint density at radius 1 is 1.24 bits per heavy atom. The zero-order valence-electron chi connectivity index (χ0n) is 18.9. The predicted molar refractivity (Wildman–Crippen MR) is 121 cm³/mol. The number of anilines is 1. The van der Waals surface area contributed by atoms with Crippen molar-refractivity contribution in [1.29, 1.82) is 0 Å². The Labute approximate surface area is 192 Å². The van der Waals surface area contributed by atoms with Gasteiger partial charge in [-0.1, -0.05) is 12.1 Å². The maximum Gasteiger partial charge on any atom is 0.412 e. The van der Waals surface area contributed by atoms with Crippen LogP contribution >= 0.6 is 0 Å². The number of benzene rings is 1. The number of fused-ring (bicyclic) bond motifs is 1. The molecule has 8 nitrogen and oxygen atoms in total. The number of pyridine rings is 1. The molecule has 1 fully saturated rings. The van der Waals surface area contributed by atoms with Crippen LogP contribution in [-0.4, -0.2) is 66.3 Å². The molecule has 4 rings (SSSR count). The van der Waals surface area contributed by atoms with Gasteiger partial charge in [0.05, 0.1) is 6.04 Å². The molecule has 2 N–H and O–H groups in total. The molecule has 2 aromatic rings. The van der Waals surface area contributed by atoms with Gasteiger partial charge in [-0.25, -0.2) is 14.2 Å². The summed E-state index contributed by atoms with van der Waals surface area (Å²) < 4.78 is 19.1. The molecule has 2 aliphatic rings. The summed E-state index contributed by atoms with van der Waals surface area (Å²) in [5.41, 5.74) is 1.86. The van der Waals surface area contributed by atoms with Crippen molar-refractivity contribution in [2.24, 2.45) is 5.92 Å². The third kappa shape index (κ3) is 5.24. The van der Waals surface area contributed by atoms with Crippen molar-refractivity contribution in [3.63, 3.8) is 0 Å². The molecule has 0 unspecified atom stereocenters. The molecule has 1 atom stereocenters. The Hall–Kier alpha value is -3.20. The van der Waals surface area contributed by atoms with Gasteiger partial charge in [-0.2, -0.15) is 0 Å². The van der Waals surface area contributed by atoms with E-state index in [1.54, 1.807) is 25.1 Å². The first-order chi connectivity index (χ1) is 15.8. The van der Waals surface area contributed by atoms with Gasteiger partial charge in [-0.15, -0.1) is 0 Å². The number of halogens is 1. The monoisotopic (exact) mass is 456 g/mol. The molecule has 2 amide bonds. The van der Waals surface area contributed by atoms with Crippen LogP contribution in [0.15, 0.2) is 30.3 Å². The summed E-state index contributed by atoms with van der Waals surface area (Å²) in [6.45, 7) is 4.47. The zero-order chi connectivity index (χ0) is 23.5. The summed E-state index contributed by atoms with van der Waals surface area (Å²) in [6, 6.07) is 7.26. The van der Waals surface area contributed by atoms with E-state index < -0.39 is 6.09 Å². The van der Waals surface area contributed by atoms with Crippen LogP contribution in [0.1, 0.15) is 41.4 Å². The topological polar surface area (TPSA) is 95.0 Å². The van der Waals surface area contributed by atoms with Gasteiger partial charge < -0.3 is 20.1 Å². The second kappa shape index (κ2) is 9.74. The van der Waals surface area contributed by atoms with Crippen LogP contribution in [-0.2, 0) is 6.42 Å². The fraction of sp³-hybridized carbons (Fsp3) is 0.458. The number of ether oxygens (including phenoxy) is 1. The Balaban J connectivity index is 1.63. The summed E-state index contributed by atoms with van der Waals surface area (Å²) in [7, 11) is 2.09. The molecule has 1 saturated heterocycles. The van der Waals surface area contributed by atoms with Crippen molar-refractivity contribution >= 4 is 17.7 Å². The first-order valence-corrected chi connectivity index (χ1v) is 11.2. The lowest BCUT2D eigenvalue weighted by Gasteiger charge is -2.33. The van der Waals surface area contributed by atoms with Gasteiger partial charge in [0.1, 0.15) is 23.8 Å². The molecule has 0 aliphatic carbocycles. The molecule has 0 saturated carbocycles. The van der Waals surface area contributed by atoms with Crippen molar-refractivity contribution < 1.29 is 23.8 Å². The SMILES string of the molecule is C[C@H]1COc2nc(C(=O)NCC3CCN(C)CC3)c(Cc3ccc(F)cc3)cc2N1C(=O)O. The predicted octanol–water partition coefficient (Wildman–Crippen LogP) is 3.15. The number of carbonyl (C=O) groups is 2. The van der Waals surface area contributed by atoms with Crippen LogP contribution < -0.4 is 15.0 Å². The van der Waals surface area contributed by atoms with E-state index in [1.165, 1.54) is 17.0 Å². The smallest absolute Gasteiger partial charge is 0.412 e. The quantitative estimate of drug-likeness (QED) is 0.718. The molecule has 9 heteroatoms. The van der Waals surface area contributed by atoms with Crippen molar-refractivity contribution in [2.45, 2.75) is 32.2 Å². The third-order valence-corrected chi connectivity index (χ3v) is 6.33. The van der Waals surface area contributed by atoms with E-state index in [1.807, 2.05) is 0 Å². The normalized spacial score (nSPS) is 19.0. The van der Waals surface area contributed by atoms with Crippen LogP contribution in [0.25, 0.3) is 0 Å². The van der Waals surface area contributed by atoms with E-state index in [0.29, 0.717) is 30.1 Å². The molecule has 1 aromatic carbocycles. The highest BCUT2D eigenvalue weighted by molar-refractivity contribution is 5.96. The van der Waals surface area contributed by atoms with Gasteiger partial charge in [0, 0.05) is 6.54 Å². The molecule has 176 valence electrons. The van der Waals surface area contributed by atoms with Crippen molar-refractivity contribution in [3.8, 4) is 5.88 Å². The highest BCUT2D eigenvalue weighted by atomic mass is 19.1. The van der Waals surface area contributed by atoms with Crippen LogP contribution in [0, 0.1) is 11.7 Å². The number of hydrogen-bond donors (Lipinski definition) is 2. The van der Waals surface area contributed by atoms with E-state index in [9.17, 15) is 19.1 Å². The minimum Gasteiger partial charge on any atom is -0.474 e. The maximum atomic E-state index is 13.4. The number of piperidine rings is 1. The Kier molecular flexibility index (Phi) is 6.78. The van der Waals surface area contributed by atoms with Gasteiger partial charge in [0.25, 0.3) is 5.91 Å². The Morgan fingerprint density at radius 2 is 1.94 bits per heavy atom. The van der Waals surface area contributed by atoms with Gasteiger partial charge in [-0.3, -0.25) is 9.69 Å². The van der Waals surface area contributed by atoms with Gasteiger partial charge in [0.2, 0.25) is 5.88 Å². The van der Waals surface area contributed by atoms with E-state index >= 15 is 0 Å². The molecule has 3 heterocycles. The first kappa shape index (κ1) is 23.0. The standard InChI is InChI=1S/C24H29FN4O4/c1-15-14-33-23-20(29(15)24(31)32)12-18(11-16-3-5-19(25)6-4-16)21(27-23)22(30)26-13-17-7-9-28(2)10-8-17/h3-6,12,15,17H,7-11,13-14H2,1-2H3,(H,26,30)(H,31,32)/t15-/m0/s1. The number of carbonyl (C=O) groups excluding carboxylic acids is 1. The molecule has 0 spiro atoms. The van der Waals surface area contributed by atoms with Crippen molar-refractivity contribution in [2.75, 3.05) is 38.2 Å². The lowest BCUT2D eigenvalue weighted by molar-refractivity contribution is 0.0931. The van der Waals surface area contributed by atoms with Gasteiger partial charge in [-0.05, 0) is 81.6 Å². The molecular formula is C24H29FN4O4. The van der Waals surface area contributed by atoms with Crippen LogP contribution in [0.2, 0.25) is 0 Å². The number of rotatable bonds is 5. The largest absolute Gasteiger partial charge is 0.474 e. The van der Waals surface area contributed by atoms with E-state index in [2.05, 4.69) is 22.2 Å². The second-order valence-electron chi connectivity index (χ2n) is 8.89. The number of likely N-dealkylation sites (tertiary alicyclic amines) is 1. The third-order valence-electron chi connectivity index (χ3n) is 6.33. The minimum absolute atomic E-state index is 0.128. The highest BCUT2D eigenvalue weighted by Crippen LogP contribution is 2.35. The van der Waals surface area contributed by atoms with E-state index in [0.717, 1.165) is 31.5 Å². The van der Waals surface area contributed by atoms with Crippen molar-refractivity contribution in [1.82, 2.24) is 15.2 Å². The Bertz CT molecular complexity index is 1020. The summed E-state index contributed by atoms with van der Waals surface area (Å²) in [5.74, 6) is -0.138.